The number of alkyl halides is 3. The van der Waals surface area contributed by atoms with Gasteiger partial charge < -0.3 is 14.8 Å². The van der Waals surface area contributed by atoms with Crippen molar-refractivity contribution in [2.45, 2.75) is 64.3 Å². The smallest absolute Gasteiger partial charge is 0.417 e. The van der Waals surface area contributed by atoms with Crippen molar-refractivity contribution in [2.24, 2.45) is 5.92 Å². The zero-order valence-corrected chi connectivity index (χ0v) is 17.5. The lowest BCUT2D eigenvalue weighted by Gasteiger charge is -2.28. The minimum atomic E-state index is -4.58. The van der Waals surface area contributed by atoms with E-state index in [2.05, 4.69) is 21.9 Å². The van der Waals surface area contributed by atoms with E-state index < -0.39 is 29.4 Å². The number of methoxy groups -OCH3 is 1. The molecular weight excluding hydrogens is 399 g/mol. The maximum atomic E-state index is 13.3. The number of halogens is 3. The zero-order valence-electron chi connectivity index (χ0n) is 17.5. The highest BCUT2D eigenvalue weighted by Crippen LogP contribution is 2.32. The van der Waals surface area contributed by atoms with Crippen molar-refractivity contribution in [3.63, 3.8) is 0 Å². The Balaban J connectivity index is 2.06. The summed E-state index contributed by atoms with van der Waals surface area (Å²) in [6, 6.07) is 2.98. The molecule has 164 valence electrons. The van der Waals surface area contributed by atoms with Gasteiger partial charge in [0.1, 0.15) is 5.60 Å². The van der Waals surface area contributed by atoms with Gasteiger partial charge in [-0.05, 0) is 64.7 Å². The lowest BCUT2D eigenvalue weighted by atomic mass is 9.86. The number of benzene rings is 1. The zero-order chi connectivity index (χ0) is 22.5. The Hall–Kier alpha value is -2.69. The highest BCUT2D eigenvalue weighted by Gasteiger charge is 2.33. The molecule has 0 saturated heterocycles. The molecule has 0 unspecified atom stereocenters. The number of rotatable bonds is 2. The first-order valence-electron chi connectivity index (χ1n) is 9.69. The van der Waals surface area contributed by atoms with Gasteiger partial charge in [0.05, 0.1) is 18.2 Å². The first-order valence-corrected chi connectivity index (χ1v) is 9.69. The fraction of sp³-hybridized carbons (Fsp3) is 0.545. The molecule has 0 radical (unpaired) electrons. The Labute approximate surface area is 174 Å². The average Bonchev–Trinajstić information content (AvgIpc) is 2.64. The number of amides is 1. The van der Waals surface area contributed by atoms with Crippen LogP contribution < -0.4 is 5.32 Å². The van der Waals surface area contributed by atoms with Crippen LogP contribution in [0.5, 0.6) is 0 Å². The van der Waals surface area contributed by atoms with E-state index in [0.29, 0.717) is 25.7 Å². The third-order valence-electron chi connectivity index (χ3n) is 4.61. The van der Waals surface area contributed by atoms with E-state index in [1.54, 1.807) is 20.8 Å². The summed E-state index contributed by atoms with van der Waals surface area (Å²) in [7, 11) is 1.16. The molecule has 0 heterocycles. The summed E-state index contributed by atoms with van der Waals surface area (Å²) in [5.74, 6) is 4.69. The maximum absolute atomic E-state index is 13.3. The Morgan fingerprint density at radius 1 is 1.10 bits per heavy atom. The van der Waals surface area contributed by atoms with Gasteiger partial charge >= 0.3 is 18.2 Å². The first kappa shape index (κ1) is 23.6. The van der Waals surface area contributed by atoms with Crippen molar-refractivity contribution >= 4 is 12.1 Å². The standard InChI is InChI=1S/C22H26F3NO4/c1-21(2,3)30-20(28)26-17-10-6-14(7-11-17)5-8-15-13-16(19(27)29-4)9-12-18(15)22(23,24)25/h9,12-14,17H,6-7,10-11H2,1-4H3,(H,26,28)/t14-,17-. The van der Waals surface area contributed by atoms with Crippen LogP contribution in [0.3, 0.4) is 0 Å². The lowest BCUT2D eigenvalue weighted by molar-refractivity contribution is -0.137. The van der Waals surface area contributed by atoms with E-state index in [1.807, 2.05) is 0 Å². The molecule has 0 aliphatic heterocycles. The van der Waals surface area contributed by atoms with Crippen LogP contribution in [0.1, 0.15) is 67.9 Å². The van der Waals surface area contributed by atoms with Crippen LogP contribution in [-0.4, -0.2) is 30.8 Å². The average molecular weight is 425 g/mol. The van der Waals surface area contributed by atoms with Crippen molar-refractivity contribution in [1.29, 1.82) is 0 Å². The minimum absolute atomic E-state index is 0.0140. The first-order chi connectivity index (χ1) is 13.9. The van der Waals surface area contributed by atoms with E-state index in [-0.39, 0.29) is 23.1 Å². The van der Waals surface area contributed by atoms with Crippen LogP contribution in [-0.2, 0) is 15.7 Å². The molecule has 1 N–H and O–H groups in total. The SMILES string of the molecule is COC(=O)c1ccc(C(F)(F)F)c(C#C[C@H]2CC[C@H](NC(=O)OC(C)(C)C)CC2)c1. The number of nitrogens with one attached hydrogen (secondary N) is 1. The normalized spacial score (nSPS) is 19.3. The van der Waals surface area contributed by atoms with Gasteiger partial charge in [0.2, 0.25) is 0 Å². The topological polar surface area (TPSA) is 64.6 Å². The third-order valence-corrected chi connectivity index (χ3v) is 4.61. The molecule has 8 heteroatoms. The van der Waals surface area contributed by atoms with Gasteiger partial charge in [0.15, 0.2) is 0 Å². The van der Waals surface area contributed by atoms with Crippen molar-refractivity contribution in [3.8, 4) is 11.8 Å². The van der Waals surface area contributed by atoms with E-state index in [9.17, 15) is 22.8 Å². The number of carbonyl (C=O) groups excluding carboxylic acids is 2. The maximum Gasteiger partial charge on any atom is 0.417 e. The predicted molar refractivity (Wildman–Crippen MR) is 105 cm³/mol. The second-order valence-electron chi connectivity index (χ2n) is 8.21. The molecule has 1 aliphatic rings. The summed E-state index contributed by atoms with van der Waals surface area (Å²) in [5, 5.41) is 2.82. The molecule has 0 aromatic heterocycles. The van der Waals surface area contributed by atoms with Crippen LogP contribution in [0.15, 0.2) is 18.2 Å². The quantitative estimate of drug-likeness (QED) is 0.539. The number of carbonyl (C=O) groups is 2. The molecule has 5 nitrogen and oxygen atoms in total. The molecule has 30 heavy (non-hydrogen) atoms. The van der Waals surface area contributed by atoms with Crippen LogP contribution in [0.25, 0.3) is 0 Å². The monoisotopic (exact) mass is 425 g/mol. The highest BCUT2D eigenvalue weighted by atomic mass is 19.4. The summed E-state index contributed by atoms with van der Waals surface area (Å²) in [4.78, 5) is 23.5. The number of ether oxygens (including phenoxy) is 2. The van der Waals surface area contributed by atoms with E-state index in [1.165, 1.54) is 0 Å². The molecule has 1 amide bonds. The molecule has 0 bridgehead atoms. The van der Waals surface area contributed by atoms with Gasteiger partial charge in [-0.25, -0.2) is 9.59 Å². The van der Waals surface area contributed by atoms with Gasteiger partial charge in [-0.15, -0.1) is 0 Å². The summed E-state index contributed by atoms with van der Waals surface area (Å²) in [6.07, 6.45) is -2.45. The molecule has 1 saturated carbocycles. The lowest BCUT2D eigenvalue weighted by Crippen LogP contribution is -2.40. The number of esters is 1. The fourth-order valence-corrected chi connectivity index (χ4v) is 3.18. The highest BCUT2D eigenvalue weighted by molar-refractivity contribution is 5.90. The van der Waals surface area contributed by atoms with E-state index in [4.69, 9.17) is 4.74 Å². The van der Waals surface area contributed by atoms with Gasteiger partial charge in [-0.1, -0.05) is 11.8 Å². The Morgan fingerprint density at radius 2 is 1.73 bits per heavy atom. The van der Waals surface area contributed by atoms with Crippen molar-refractivity contribution < 1.29 is 32.2 Å². The third kappa shape index (κ3) is 6.97. The Bertz CT molecular complexity index is 839. The van der Waals surface area contributed by atoms with Gasteiger partial charge in [0, 0.05) is 17.5 Å². The molecule has 1 aromatic carbocycles. The summed E-state index contributed by atoms with van der Waals surface area (Å²) in [5.41, 5.74) is -1.70. The molecular formula is C22H26F3NO4. The molecule has 0 atom stereocenters. The molecule has 1 aliphatic carbocycles. The molecule has 2 rings (SSSR count). The summed E-state index contributed by atoms with van der Waals surface area (Å²) >= 11 is 0. The predicted octanol–water partition coefficient (Wildman–Crippen LogP) is 4.93. The number of hydrogen-bond acceptors (Lipinski definition) is 4. The number of alkyl carbamates (subject to hydrolysis) is 1. The van der Waals surface area contributed by atoms with Crippen LogP contribution >= 0.6 is 0 Å². The molecule has 1 aromatic rings. The number of hydrogen-bond donors (Lipinski definition) is 1. The van der Waals surface area contributed by atoms with Crippen LogP contribution in [0.2, 0.25) is 0 Å². The largest absolute Gasteiger partial charge is 0.465 e. The summed E-state index contributed by atoms with van der Waals surface area (Å²) < 4.78 is 49.7. The van der Waals surface area contributed by atoms with E-state index >= 15 is 0 Å². The van der Waals surface area contributed by atoms with Gasteiger partial charge in [-0.3, -0.25) is 0 Å². The van der Waals surface area contributed by atoms with Crippen LogP contribution in [0, 0.1) is 17.8 Å². The van der Waals surface area contributed by atoms with Crippen LogP contribution in [0.4, 0.5) is 18.0 Å². The van der Waals surface area contributed by atoms with Crippen molar-refractivity contribution in [1.82, 2.24) is 5.32 Å². The second-order valence-corrected chi connectivity index (χ2v) is 8.21. The van der Waals surface area contributed by atoms with Crippen molar-refractivity contribution in [3.05, 3.63) is 34.9 Å². The van der Waals surface area contributed by atoms with E-state index in [0.717, 1.165) is 25.3 Å². The fourth-order valence-electron chi connectivity index (χ4n) is 3.18. The molecule has 0 spiro atoms. The van der Waals surface area contributed by atoms with Crippen molar-refractivity contribution in [2.75, 3.05) is 7.11 Å². The van der Waals surface area contributed by atoms with Gasteiger partial charge in [0.25, 0.3) is 0 Å². The minimum Gasteiger partial charge on any atom is -0.465 e. The Kier molecular flexibility index (Phi) is 7.40. The molecule has 1 fully saturated rings. The van der Waals surface area contributed by atoms with Gasteiger partial charge in [-0.2, -0.15) is 13.2 Å². The Morgan fingerprint density at radius 3 is 2.27 bits per heavy atom. The second kappa shape index (κ2) is 9.41. The summed E-state index contributed by atoms with van der Waals surface area (Å²) in [6.45, 7) is 5.34.